The minimum Gasteiger partial charge on any atom is -0.375 e. The van der Waals surface area contributed by atoms with E-state index < -0.39 is 0 Å². The van der Waals surface area contributed by atoms with Crippen molar-refractivity contribution in [1.82, 2.24) is 15.2 Å². The summed E-state index contributed by atoms with van der Waals surface area (Å²) in [5, 5.41) is 7.77. The molecule has 2 aromatic rings. The lowest BCUT2D eigenvalue weighted by atomic mass is 10.1. The van der Waals surface area contributed by atoms with E-state index in [1.54, 1.807) is 11.3 Å². The molecule has 4 rings (SSSR count). The van der Waals surface area contributed by atoms with Crippen molar-refractivity contribution in [2.24, 2.45) is 4.99 Å². The number of nitrogens with one attached hydrogen (secondary N) is 2. The van der Waals surface area contributed by atoms with Gasteiger partial charge in [-0.1, -0.05) is 23.5 Å². The van der Waals surface area contributed by atoms with Crippen molar-refractivity contribution >= 4 is 32.6 Å². The number of para-hydroxylation sites is 1. The number of fused-ring (bicyclic) bond motifs is 1. The molecule has 0 bridgehead atoms. The van der Waals surface area contributed by atoms with Crippen molar-refractivity contribution in [3.05, 3.63) is 24.3 Å². The second kappa shape index (κ2) is 9.54. The highest BCUT2D eigenvalue weighted by atomic mass is 32.1. The van der Waals surface area contributed by atoms with Crippen LogP contribution in [0.5, 0.6) is 0 Å². The first kappa shape index (κ1) is 19.4. The molecule has 2 unspecified atom stereocenters. The number of aliphatic imine (C=N–C) groups is 1. The SMILES string of the molecule is CCNC(=NCCNc1nc2ccccc2s1)N1CCOC(C2CCCO2)C1. The molecule has 28 heavy (non-hydrogen) atoms. The number of rotatable bonds is 6. The molecule has 0 amide bonds. The molecule has 2 N–H and O–H groups in total. The molecule has 3 heterocycles. The van der Waals surface area contributed by atoms with Gasteiger partial charge in [-0.3, -0.25) is 4.99 Å². The smallest absolute Gasteiger partial charge is 0.194 e. The molecule has 0 spiro atoms. The molecule has 2 atom stereocenters. The van der Waals surface area contributed by atoms with Crippen LogP contribution in [-0.4, -0.2) is 74.0 Å². The van der Waals surface area contributed by atoms with Crippen molar-refractivity contribution in [2.45, 2.75) is 32.0 Å². The molecule has 1 aromatic heterocycles. The summed E-state index contributed by atoms with van der Waals surface area (Å²) in [5.41, 5.74) is 1.04. The van der Waals surface area contributed by atoms with Crippen LogP contribution in [0.1, 0.15) is 19.8 Å². The quantitative estimate of drug-likeness (QED) is 0.439. The van der Waals surface area contributed by atoms with Crippen LogP contribution in [0, 0.1) is 0 Å². The Morgan fingerprint density at radius 1 is 1.29 bits per heavy atom. The molecular formula is C20H29N5O2S. The van der Waals surface area contributed by atoms with Crippen LogP contribution in [0.15, 0.2) is 29.3 Å². The summed E-state index contributed by atoms with van der Waals surface area (Å²) < 4.78 is 13.0. The Bertz CT molecular complexity index is 757. The number of nitrogens with zero attached hydrogens (tertiary/aromatic N) is 3. The highest BCUT2D eigenvalue weighted by Gasteiger charge is 2.32. The maximum absolute atomic E-state index is 5.96. The van der Waals surface area contributed by atoms with Gasteiger partial charge in [0, 0.05) is 32.8 Å². The summed E-state index contributed by atoms with van der Waals surface area (Å²) in [6, 6.07) is 8.21. The molecule has 2 saturated heterocycles. The fraction of sp³-hybridized carbons (Fsp3) is 0.600. The Kier molecular flexibility index (Phi) is 6.61. The zero-order chi connectivity index (χ0) is 19.2. The molecule has 0 aliphatic carbocycles. The van der Waals surface area contributed by atoms with Gasteiger partial charge in [-0.25, -0.2) is 4.98 Å². The van der Waals surface area contributed by atoms with Gasteiger partial charge in [-0.05, 0) is 31.9 Å². The van der Waals surface area contributed by atoms with Gasteiger partial charge in [0.05, 0.1) is 29.5 Å². The van der Waals surface area contributed by atoms with Gasteiger partial charge in [-0.15, -0.1) is 0 Å². The Hall–Kier alpha value is -1.90. The number of aromatic nitrogens is 1. The van der Waals surface area contributed by atoms with Gasteiger partial charge >= 0.3 is 0 Å². The highest BCUT2D eigenvalue weighted by molar-refractivity contribution is 7.22. The van der Waals surface area contributed by atoms with Gasteiger partial charge in [0.25, 0.3) is 0 Å². The number of ether oxygens (including phenoxy) is 2. The van der Waals surface area contributed by atoms with Crippen LogP contribution in [-0.2, 0) is 9.47 Å². The van der Waals surface area contributed by atoms with E-state index in [0.29, 0.717) is 6.54 Å². The Labute approximate surface area is 170 Å². The summed E-state index contributed by atoms with van der Waals surface area (Å²) in [4.78, 5) is 11.7. The van der Waals surface area contributed by atoms with Crippen molar-refractivity contribution < 1.29 is 9.47 Å². The Balaban J connectivity index is 1.32. The van der Waals surface area contributed by atoms with E-state index >= 15 is 0 Å². The third-order valence-corrected chi connectivity index (χ3v) is 6.05. The normalized spacial score (nSPS) is 23.3. The molecule has 2 aliphatic heterocycles. The maximum Gasteiger partial charge on any atom is 0.194 e. The first-order valence-corrected chi connectivity index (χ1v) is 11.0. The molecule has 0 radical (unpaired) electrons. The van der Waals surface area contributed by atoms with E-state index in [1.165, 1.54) is 4.70 Å². The molecule has 1 aromatic carbocycles. The van der Waals surface area contributed by atoms with Gasteiger partial charge in [0.2, 0.25) is 0 Å². The zero-order valence-electron chi connectivity index (χ0n) is 16.4. The highest BCUT2D eigenvalue weighted by Crippen LogP contribution is 2.25. The molecule has 8 heteroatoms. The number of guanidine groups is 1. The first-order chi connectivity index (χ1) is 13.8. The summed E-state index contributed by atoms with van der Waals surface area (Å²) in [6.45, 7) is 7.69. The molecule has 2 fully saturated rings. The van der Waals surface area contributed by atoms with Gasteiger partial charge in [0.15, 0.2) is 11.1 Å². The van der Waals surface area contributed by atoms with Crippen LogP contribution >= 0.6 is 11.3 Å². The number of anilines is 1. The zero-order valence-corrected chi connectivity index (χ0v) is 17.2. The number of hydrogen-bond acceptors (Lipinski definition) is 6. The number of thiazole rings is 1. The van der Waals surface area contributed by atoms with Crippen LogP contribution < -0.4 is 10.6 Å². The van der Waals surface area contributed by atoms with E-state index in [2.05, 4.69) is 33.5 Å². The van der Waals surface area contributed by atoms with Gasteiger partial charge in [-0.2, -0.15) is 0 Å². The predicted octanol–water partition coefficient (Wildman–Crippen LogP) is 2.55. The van der Waals surface area contributed by atoms with Gasteiger partial charge in [0.1, 0.15) is 6.10 Å². The summed E-state index contributed by atoms with van der Waals surface area (Å²) >= 11 is 1.68. The predicted molar refractivity (Wildman–Crippen MR) is 114 cm³/mol. The maximum atomic E-state index is 5.96. The molecule has 2 aliphatic rings. The van der Waals surface area contributed by atoms with Gasteiger partial charge < -0.3 is 25.0 Å². The first-order valence-electron chi connectivity index (χ1n) is 10.2. The topological polar surface area (TPSA) is 71.0 Å². The van der Waals surface area contributed by atoms with E-state index in [1.807, 2.05) is 18.2 Å². The Morgan fingerprint density at radius 2 is 2.18 bits per heavy atom. The monoisotopic (exact) mass is 403 g/mol. The van der Waals surface area contributed by atoms with Crippen LogP contribution in [0.4, 0.5) is 5.13 Å². The fourth-order valence-electron chi connectivity index (χ4n) is 3.69. The number of benzene rings is 1. The number of hydrogen-bond donors (Lipinski definition) is 2. The largest absolute Gasteiger partial charge is 0.375 e. The van der Waals surface area contributed by atoms with Crippen molar-refractivity contribution in [3.8, 4) is 0 Å². The summed E-state index contributed by atoms with van der Waals surface area (Å²) in [6.07, 6.45) is 2.60. The standard InChI is InChI=1S/C20H29N5O2S/c1-2-21-19(25-11-13-27-17(14-25)16-7-5-12-26-16)22-9-10-23-20-24-15-6-3-4-8-18(15)28-20/h3-4,6,8,16-17H,2,5,7,9-14H2,1H3,(H,21,22)(H,23,24). The summed E-state index contributed by atoms with van der Waals surface area (Å²) in [7, 11) is 0. The van der Waals surface area contributed by atoms with E-state index in [4.69, 9.17) is 14.5 Å². The minimum absolute atomic E-state index is 0.140. The lowest BCUT2D eigenvalue weighted by Crippen LogP contribution is -2.53. The van der Waals surface area contributed by atoms with E-state index in [-0.39, 0.29) is 12.2 Å². The average Bonchev–Trinajstić information content (AvgIpc) is 3.40. The summed E-state index contributed by atoms with van der Waals surface area (Å²) in [5.74, 6) is 0.958. The minimum atomic E-state index is 0.140. The van der Waals surface area contributed by atoms with E-state index in [0.717, 1.165) is 68.8 Å². The lowest BCUT2D eigenvalue weighted by molar-refractivity contribution is -0.0817. The third-order valence-electron chi connectivity index (χ3n) is 5.05. The van der Waals surface area contributed by atoms with E-state index in [9.17, 15) is 0 Å². The molecule has 0 saturated carbocycles. The third kappa shape index (κ3) is 4.74. The van der Waals surface area contributed by atoms with Crippen molar-refractivity contribution in [1.29, 1.82) is 0 Å². The van der Waals surface area contributed by atoms with Crippen LogP contribution in [0.3, 0.4) is 0 Å². The second-order valence-corrected chi connectivity index (χ2v) is 8.09. The lowest BCUT2D eigenvalue weighted by Gasteiger charge is -2.37. The Morgan fingerprint density at radius 3 is 3.00 bits per heavy atom. The number of morpholine rings is 1. The second-order valence-electron chi connectivity index (χ2n) is 7.06. The fourth-order valence-corrected chi connectivity index (χ4v) is 4.58. The van der Waals surface area contributed by atoms with Crippen molar-refractivity contribution in [3.63, 3.8) is 0 Å². The molecular weight excluding hydrogens is 374 g/mol. The molecule has 152 valence electrons. The van der Waals surface area contributed by atoms with Crippen LogP contribution in [0.2, 0.25) is 0 Å². The average molecular weight is 404 g/mol. The van der Waals surface area contributed by atoms with Crippen molar-refractivity contribution in [2.75, 3.05) is 51.3 Å². The molecule has 7 nitrogen and oxygen atoms in total. The van der Waals surface area contributed by atoms with Crippen LogP contribution in [0.25, 0.3) is 10.2 Å².